The van der Waals surface area contributed by atoms with Crippen molar-refractivity contribution in [3.05, 3.63) is 33.9 Å². The Morgan fingerprint density at radius 1 is 1.24 bits per heavy atom. The Labute approximate surface area is 148 Å². The minimum atomic E-state index is -0.590. The van der Waals surface area contributed by atoms with E-state index in [0.29, 0.717) is 18.6 Å². The predicted octanol–water partition coefficient (Wildman–Crippen LogP) is 2.66. The molecule has 140 valence electrons. The summed E-state index contributed by atoms with van der Waals surface area (Å²) in [5.74, 6) is -0.174. The van der Waals surface area contributed by atoms with Gasteiger partial charge < -0.3 is 15.2 Å². The number of unbranched alkanes of at least 4 members (excludes halogenated alkanes) is 5. The van der Waals surface area contributed by atoms with Crippen LogP contribution in [0.15, 0.2) is 18.2 Å². The highest BCUT2D eigenvalue weighted by atomic mass is 16.6. The number of ether oxygens (including phenoxy) is 2. The van der Waals surface area contributed by atoms with Gasteiger partial charge in [0.15, 0.2) is 11.8 Å². The van der Waals surface area contributed by atoms with Gasteiger partial charge in [0, 0.05) is 12.5 Å². The van der Waals surface area contributed by atoms with Gasteiger partial charge in [-0.15, -0.1) is 0 Å². The van der Waals surface area contributed by atoms with Gasteiger partial charge in [-0.1, -0.05) is 45.1 Å². The molecular weight excluding hydrogens is 324 g/mol. The highest BCUT2D eigenvalue weighted by molar-refractivity contribution is 5.74. The van der Waals surface area contributed by atoms with Crippen molar-refractivity contribution in [1.82, 2.24) is 0 Å². The number of esters is 1. The smallest absolute Gasteiger partial charge is 0.365 e. The van der Waals surface area contributed by atoms with Crippen LogP contribution in [-0.4, -0.2) is 30.7 Å². The fraction of sp³-hybridized carbons (Fsp3) is 0.611. The first kappa shape index (κ1) is 20.9. The van der Waals surface area contributed by atoms with E-state index in [1.807, 2.05) is 0 Å². The number of nitro benzene ring substituents is 1. The maximum Gasteiger partial charge on any atom is 0.365 e. The molecule has 0 saturated heterocycles. The Balaban J connectivity index is 2.42. The number of carbonyl (C=O) groups is 1. The molecule has 1 rings (SSSR count). The SMILES string of the molecule is CCCCCCCCOC(=O)C([NH3+])Cc1ccc(OC)c([N+](=O)[O-])c1. The van der Waals surface area contributed by atoms with Gasteiger partial charge in [-0.3, -0.25) is 10.1 Å². The van der Waals surface area contributed by atoms with E-state index in [1.54, 1.807) is 6.07 Å². The predicted molar refractivity (Wildman–Crippen MR) is 94.4 cm³/mol. The molecule has 0 saturated carbocycles. The van der Waals surface area contributed by atoms with Crippen LogP contribution in [0.3, 0.4) is 0 Å². The summed E-state index contributed by atoms with van der Waals surface area (Å²) in [7, 11) is 1.38. The minimum Gasteiger partial charge on any atom is -0.490 e. The summed E-state index contributed by atoms with van der Waals surface area (Å²) in [5, 5.41) is 11.0. The Kier molecular flexibility index (Phi) is 9.54. The van der Waals surface area contributed by atoms with Crippen LogP contribution in [0, 0.1) is 10.1 Å². The Morgan fingerprint density at radius 2 is 1.92 bits per heavy atom. The summed E-state index contributed by atoms with van der Waals surface area (Å²) in [5.41, 5.74) is 4.35. The van der Waals surface area contributed by atoms with Gasteiger partial charge in [-0.2, -0.15) is 0 Å². The largest absolute Gasteiger partial charge is 0.490 e. The lowest BCUT2D eigenvalue weighted by atomic mass is 10.1. The van der Waals surface area contributed by atoms with Gasteiger partial charge >= 0.3 is 11.7 Å². The molecule has 0 aromatic heterocycles. The fourth-order valence-corrected chi connectivity index (χ4v) is 2.55. The fourth-order valence-electron chi connectivity index (χ4n) is 2.55. The minimum absolute atomic E-state index is 0.118. The van der Waals surface area contributed by atoms with E-state index in [1.165, 1.54) is 38.5 Å². The Hall–Kier alpha value is -2.15. The van der Waals surface area contributed by atoms with E-state index in [0.717, 1.165) is 19.3 Å². The zero-order valence-corrected chi connectivity index (χ0v) is 15.2. The first-order valence-electron chi connectivity index (χ1n) is 8.80. The van der Waals surface area contributed by atoms with Gasteiger partial charge in [-0.25, -0.2) is 4.79 Å². The van der Waals surface area contributed by atoms with Crippen molar-refractivity contribution >= 4 is 11.7 Å². The normalized spacial score (nSPS) is 11.8. The van der Waals surface area contributed by atoms with Gasteiger partial charge in [0.25, 0.3) is 0 Å². The molecule has 1 atom stereocenters. The third kappa shape index (κ3) is 7.51. The quantitative estimate of drug-likeness (QED) is 0.269. The van der Waals surface area contributed by atoms with Crippen LogP contribution in [-0.2, 0) is 16.0 Å². The summed E-state index contributed by atoms with van der Waals surface area (Å²) < 4.78 is 10.2. The van der Waals surface area contributed by atoms with Crippen molar-refractivity contribution in [3.8, 4) is 5.75 Å². The number of methoxy groups -OCH3 is 1. The third-order valence-corrected chi connectivity index (χ3v) is 4.00. The summed E-state index contributed by atoms with van der Waals surface area (Å²) in [6.45, 7) is 2.58. The average molecular weight is 353 g/mol. The second-order valence-electron chi connectivity index (χ2n) is 6.10. The molecule has 1 unspecified atom stereocenters. The first-order valence-corrected chi connectivity index (χ1v) is 8.80. The zero-order valence-electron chi connectivity index (χ0n) is 15.2. The van der Waals surface area contributed by atoms with Crippen LogP contribution in [0.5, 0.6) is 5.75 Å². The first-order chi connectivity index (χ1) is 12.0. The second-order valence-corrected chi connectivity index (χ2v) is 6.10. The lowest BCUT2D eigenvalue weighted by Gasteiger charge is -2.10. The number of quaternary nitrogens is 1. The molecule has 7 heteroatoms. The molecule has 0 aliphatic carbocycles. The maximum atomic E-state index is 12.0. The molecule has 1 aromatic carbocycles. The van der Waals surface area contributed by atoms with Crippen LogP contribution in [0.2, 0.25) is 0 Å². The molecule has 0 spiro atoms. The summed E-state index contributed by atoms with van der Waals surface area (Å²) in [6.07, 6.45) is 7.04. The maximum absolute atomic E-state index is 12.0. The highest BCUT2D eigenvalue weighted by Crippen LogP contribution is 2.27. The van der Waals surface area contributed by atoms with Crippen molar-refractivity contribution in [3.63, 3.8) is 0 Å². The van der Waals surface area contributed by atoms with Crippen LogP contribution in [0.1, 0.15) is 51.0 Å². The Bertz CT molecular complexity index is 562. The second kappa shape index (κ2) is 11.4. The highest BCUT2D eigenvalue weighted by Gasteiger charge is 2.22. The molecule has 25 heavy (non-hydrogen) atoms. The van der Waals surface area contributed by atoms with Crippen LogP contribution in [0.25, 0.3) is 0 Å². The van der Waals surface area contributed by atoms with E-state index in [4.69, 9.17) is 9.47 Å². The number of hydrogen-bond acceptors (Lipinski definition) is 5. The molecule has 0 aliphatic heterocycles. The van der Waals surface area contributed by atoms with Crippen LogP contribution < -0.4 is 10.5 Å². The monoisotopic (exact) mass is 353 g/mol. The van der Waals surface area contributed by atoms with Crippen LogP contribution in [0.4, 0.5) is 5.69 Å². The lowest BCUT2D eigenvalue weighted by Crippen LogP contribution is -2.66. The summed E-state index contributed by atoms with van der Waals surface area (Å²) in [4.78, 5) is 22.5. The topological polar surface area (TPSA) is 106 Å². The van der Waals surface area contributed by atoms with Gasteiger partial charge in [-0.05, 0) is 18.1 Å². The van der Waals surface area contributed by atoms with Crippen LogP contribution >= 0.6 is 0 Å². The van der Waals surface area contributed by atoms with E-state index in [2.05, 4.69) is 12.7 Å². The standard InChI is InChI=1S/C18H28N2O5/c1-3-4-5-6-7-8-11-25-18(21)15(19)12-14-9-10-17(24-2)16(13-14)20(22)23/h9-10,13,15H,3-8,11-12,19H2,1-2H3/p+1. The third-order valence-electron chi connectivity index (χ3n) is 4.00. The number of nitrogens with zero attached hydrogens (tertiary/aromatic N) is 1. The summed E-state index contributed by atoms with van der Waals surface area (Å²) >= 11 is 0. The Morgan fingerprint density at radius 3 is 2.56 bits per heavy atom. The zero-order chi connectivity index (χ0) is 18.7. The van der Waals surface area contributed by atoms with Crippen molar-refractivity contribution in [2.24, 2.45) is 0 Å². The molecule has 0 amide bonds. The summed E-state index contributed by atoms with van der Waals surface area (Å²) in [6, 6.07) is 4.05. The number of nitro groups is 1. The molecular formula is C18H29N2O5+. The number of rotatable bonds is 12. The van der Waals surface area contributed by atoms with E-state index >= 15 is 0 Å². The van der Waals surface area contributed by atoms with Crippen molar-refractivity contribution < 1.29 is 24.9 Å². The molecule has 0 fully saturated rings. The lowest BCUT2D eigenvalue weighted by molar-refractivity contribution is -0.408. The number of benzene rings is 1. The molecule has 1 aromatic rings. The van der Waals surface area contributed by atoms with Gasteiger partial charge in [0.1, 0.15) is 0 Å². The average Bonchev–Trinajstić information content (AvgIpc) is 2.60. The van der Waals surface area contributed by atoms with Gasteiger partial charge in [0.05, 0.1) is 18.6 Å². The van der Waals surface area contributed by atoms with E-state index in [-0.39, 0.29) is 17.4 Å². The van der Waals surface area contributed by atoms with Crippen molar-refractivity contribution in [1.29, 1.82) is 0 Å². The molecule has 0 heterocycles. The molecule has 0 radical (unpaired) electrons. The molecule has 0 aliphatic rings. The van der Waals surface area contributed by atoms with Crippen molar-refractivity contribution in [2.45, 2.75) is 57.9 Å². The van der Waals surface area contributed by atoms with E-state index < -0.39 is 11.0 Å². The number of hydrogen-bond donors (Lipinski definition) is 1. The van der Waals surface area contributed by atoms with E-state index in [9.17, 15) is 14.9 Å². The molecule has 0 bridgehead atoms. The molecule has 7 nitrogen and oxygen atoms in total. The number of carbonyl (C=O) groups excluding carboxylic acids is 1. The molecule has 3 N–H and O–H groups in total. The van der Waals surface area contributed by atoms with Gasteiger partial charge in [0.2, 0.25) is 0 Å². The van der Waals surface area contributed by atoms with Crippen molar-refractivity contribution in [2.75, 3.05) is 13.7 Å².